The first kappa shape index (κ1) is 13.6. The van der Waals surface area contributed by atoms with Crippen molar-refractivity contribution in [2.75, 3.05) is 11.4 Å². The van der Waals surface area contributed by atoms with Crippen LogP contribution in [0.5, 0.6) is 0 Å². The molecular weight excluding hydrogens is 266 g/mol. The van der Waals surface area contributed by atoms with Crippen molar-refractivity contribution in [1.82, 2.24) is 9.36 Å². The zero-order valence-electron chi connectivity index (χ0n) is 12.3. The molecule has 2 heterocycles. The van der Waals surface area contributed by atoms with E-state index in [0.717, 1.165) is 30.3 Å². The highest BCUT2D eigenvalue weighted by molar-refractivity contribution is 7.09. The lowest BCUT2D eigenvalue weighted by Gasteiger charge is -2.34. The Balaban J connectivity index is 1.83. The molecular formula is C16H21N3S. The van der Waals surface area contributed by atoms with Crippen LogP contribution in [0.4, 0.5) is 5.13 Å². The Labute approximate surface area is 124 Å². The van der Waals surface area contributed by atoms with Gasteiger partial charge < -0.3 is 4.90 Å². The quantitative estimate of drug-likeness (QED) is 0.858. The first-order valence-corrected chi connectivity index (χ1v) is 8.09. The number of aromatic nitrogens is 2. The van der Waals surface area contributed by atoms with Crippen LogP contribution >= 0.6 is 11.5 Å². The molecule has 1 aliphatic heterocycles. The van der Waals surface area contributed by atoms with Crippen LogP contribution in [0.3, 0.4) is 0 Å². The summed E-state index contributed by atoms with van der Waals surface area (Å²) in [6.45, 7) is 7.72. The van der Waals surface area contributed by atoms with Crippen molar-refractivity contribution in [2.45, 2.75) is 39.7 Å². The van der Waals surface area contributed by atoms with Gasteiger partial charge in [-0.2, -0.15) is 4.37 Å². The van der Waals surface area contributed by atoms with Crippen LogP contribution in [0.25, 0.3) is 0 Å². The molecule has 4 heteroatoms. The molecule has 3 nitrogen and oxygen atoms in total. The van der Waals surface area contributed by atoms with Gasteiger partial charge in [-0.15, -0.1) is 0 Å². The van der Waals surface area contributed by atoms with E-state index in [1.165, 1.54) is 11.1 Å². The average molecular weight is 287 g/mol. The van der Waals surface area contributed by atoms with Crippen molar-refractivity contribution in [2.24, 2.45) is 5.92 Å². The topological polar surface area (TPSA) is 29.0 Å². The zero-order chi connectivity index (χ0) is 14.1. The van der Waals surface area contributed by atoms with E-state index >= 15 is 0 Å². The largest absolute Gasteiger partial charge is 0.340 e. The minimum Gasteiger partial charge on any atom is -0.340 e. The Kier molecular flexibility index (Phi) is 3.74. The molecule has 0 radical (unpaired) electrons. The molecule has 0 spiro atoms. The summed E-state index contributed by atoms with van der Waals surface area (Å²) in [5, 5.41) is 1.07. The summed E-state index contributed by atoms with van der Waals surface area (Å²) in [4.78, 5) is 7.12. The van der Waals surface area contributed by atoms with E-state index in [9.17, 15) is 0 Å². The Morgan fingerprint density at radius 3 is 2.95 bits per heavy atom. The molecule has 0 saturated heterocycles. The fraction of sp³-hybridized carbons (Fsp3) is 0.500. The van der Waals surface area contributed by atoms with Crippen LogP contribution < -0.4 is 4.90 Å². The Hall–Kier alpha value is -1.42. The highest BCUT2D eigenvalue weighted by Crippen LogP contribution is 2.34. The second-order valence-corrected chi connectivity index (χ2v) is 6.64. The SMILES string of the molecule is CC(C)Cc1nsc(N2CCc3ccccc3C2C)n1. The molecule has 1 aliphatic rings. The van der Waals surface area contributed by atoms with Gasteiger partial charge in [0.15, 0.2) is 0 Å². The summed E-state index contributed by atoms with van der Waals surface area (Å²) >= 11 is 1.54. The molecule has 1 unspecified atom stereocenters. The molecule has 0 aliphatic carbocycles. The highest BCUT2D eigenvalue weighted by Gasteiger charge is 2.26. The second kappa shape index (κ2) is 5.52. The van der Waals surface area contributed by atoms with E-state index in [1.807, 2.05) is 0 Å². The third kappa shape index (κ3) is 2.57. The maximum absolute atomic E-state index is 4.73. The van der Waals surface area contributed by atoms with Crippen LogP contribution in [0.15, 0.2) is 24.3 Å². The van der Waals surface area contributed by atoms with E-state index in [4.69, 9.17) is 4.98 Å². The van der Waals surface area contributed by atoms with Crippen LogP contribution in [-0.4, -0.2) is 15.9 Å². The minimum absolute atomic E-state index is 0.389. The fourth-order valence-corrected chi connectivity index (χ4v) is 3.65. The summed E-state index contributed by atoms with van der Waals surface area (Å²) < 4.78 is 4.51. The lowest BCUT2D eigenvalue weighted by Crippen LogP contribution is -2.33. The lowest BCUT2D eigenvalue weighted by molar-refractivity contribution is 0.610. The normalized spacial score (nSPS) is 18.4. The van der Waals surface area contributed by atoms with Crippen molar-refractivity contribution in [3.63, 3.8) is 0 Å². The minimum atomic E-state index is 0.389. The highest BCUT2D eigenvalue weighted by atomic mass is 32.1. The van der Waals surface area contributed by atoms with E-state index in [2.05, 4.69) is 54.3 Å². The van der Waals surface area contributed by atoms with Gasteiger partial charge in [0.05, 0.1) is 6.04 Å². The summed E-state index contributed by atoms with van der Waals surface area (Å²) in [5.41, 5.74) is 2.91. The summed E-state index contributed by atoms with van der Waals surface area (Å²) in [7, 11) is 0. The summed E-state index contributed by atoms with van der Waals surface area (Å²) in [5.74, 6) is 1.60. The van der Waals surface area contributed by atoms with Gasteiger partial charge in [-0.25, -0.2) is 4.98 Å². The number of fused-ring (bicyclic) bond motifs is 1. The van der Waals surface area contributed by atoms with Gasteiger partial charge in [-0.1, -0.05) is 38.1 Å². The molecule has 3 rings (SSSR count). The van der Waals surface area contributed by atoms with E-state index < -0.39 is 0 Å². The number of hydrogen-bond acceptors (Lipinski definition) is 4. The lowest BCUT2D eigenvalue weighted by atomic mass is 9.94. The number of nitrogens with zero attached hydrogens (tertiary/aromatic N) is 3. The van der Waals surface area contributed by atoms with Crippen LogP contribution in [0.1, 0.15) is 43.8 Å². The van der Waals surface area contributed by atoms with Crippen LogP contribution in [-0.2, 0) is 12.8 Å². The fourth-order valence-electron chi connectivity index (χ4n) is 2.84. The van der Waals surface area contributed by atoms with Crippen LogP contribution in [0, 0.1) is 5.92 Å². The predicted octanol–water partition coefficient (Wildman–Crippen LogP) is 3.86. The molecule has 0 fully saturated rings. The van der Waals surface area contributed by atoms with Crippen molar-refractivity contribution in [3.05, 3.63) is 41.2 Å². The predicted molar refractivity (Wildman–Crippen MR) is 84.4 cm³/mol. The molecule has 0 amide bonds. The van der Waals surface area contributed by atoms with Crippen molar-refractivity contribution < 1.29 is 0 Å². The first-order valence-electron chi connectivity index (χ1n) is 7.32. The number of benzene rings is 1. The van der Waals surface area contributed by atoms with Gasteiger partial charge >= 0.3 is 0 Å². The Morgan fingerprint density at radius 2 is 2.15 bits per heavy atom. The standard InChI is InChI=1S/C16H21N3S/c1-11(2)10-15-17-16(20-18-15)19-9-8-13-6-4-5-7-14(13)12(19)3/h4-7,11-12H,8-10H2,1-3H3. The first-order chi connectivity index (χ1) is 9.65. The molecule has 1 atom stereocenters. The van der Waals surface area contributed by atoms with Gasteiger partial charge in [-0.05, 0) is 30.4 Å². The molecule has 20 heavy (non-hydrogen) atoms. The van der Waals surface area contributed by atoms with E-state index in [1.54, 1.807) is 11.5 Å². The second-order valence-electron chi connectivity index (χ2n) is 5.91. The maximum Gasteiger partial charge on any atom is 0.205 e. The maximum atomic E-state index is 4.73. The van der Waals surface area contributed by atoms with Crippen molar-refractivity contribution >= 4 is 16.7 Å². The number of hydrogen-bond donors (Lipinski definition) is 0. The summed E-state index contributed by atoms with van der Waals surface area (Å²) in [6.07, 6.45) is 2.06. The third-order valence-corrected chi connectivity index (χ3v) is 4.68. The Bertz CT molecular complexity index is 591. The zero-order valence-corrected chi connectivity index (χ0v) is 13.2. The smallest absolute Gasteiger partial charge is 0.205 e. The molecule has 0 saturated carbocycles. The number of anilines is 1. The van der Waals surface area contributed by atoms with Gasteiger partial charge in [0.25, 0.3) is 0 Å². The van der Waals surface area contributed by atoms with E-state index in [0.29, 0.717) is 12.0 Å². The summed E-state index contributed by atoms with van der Waals surface area (Å²) in [6, 6.07) is 9.13. The van der Waals surface area contributed by atoms with Gasteiger partial charge in [0.1, 0.15) is 5.82 Å². The van der Waals surface area contributed by atoms with Gasteiger partial charge in [-0.3, -0.25) is 0 Å². The van der Waals surface area contributed by atoms with Crippen LogP contribution in [0.2, 0.25) is 0 Å². The molecule has 0 N–H and O–H groups in total. The van der Waals surface area contributed by atoms with Crippen molar-refractivity contribution in [3.8, 4) is 0 Å². The molecule has 1 aromatic heterocycles. The monoisotopic (exact) mass is 287 g/mol. The number of rotatable bonds is 3. The van der Waals surface area contributed by atoms with Gasteiger partial charge in [0, 0.05) is 24.5 Å². The van der Waals surface area contributed by atoms with Crippen molar-refractivity contribution in [1.29, 1.82) is 0 Å². The molecule has 2 aromatic rings. The Morgan fingerprint density at radius 1 is 1.35 bits per heavy atom. The molecule has 0 bridgehead atoms. The third-order valence-electron chi connectivity index (χ3n) is 3.89. The molecule has 1 aromatic carbocycles. The van der Waals surface area contributed by atoms with Gasteiger partial charge in [0.2, 0.25) is 5.13 Å². The molecule has 106 valence electrons. The average Bonchev–Trinajstić information content (AvgIpc) is 2.87. The van der Waals surface area contributed by atoms with E-state index in [-0.39, 0.29) is 0 Å².